The molecule has 0 fully saturated rings. The summed E-state index contributed by atoms with van der Waals surface area (Å²) in [5, 5.41) is 18.1. The van der Waals surface area contributed by atoms with Gasteiger partial charge in [0.05, 0.1) is 17.7 Å². The van der Waals surface area contributed by atoms with Gasteiger partial charge in [0.2, 0.25) is 5.91 Å². The third kappa shape index (κ3) is 3.19. The Hall–Kier alpha value is -2.63. The van der Waals surface area contributed by atoms with Crippen molar-refractivity contribution in [2.45, 2.75) is 13.3 Å². The van der Waals surface area contributed by atoms with Crippen molar-refractivity contribution in [3.8, 4) is 0 Å². The monoisotopic (exact) mass is 259 g/mol. The fourth-order valence-corrected chi connectivity index (χ4v) is 1.69. The molecule has 2 aromatic rings. The van der Waals surface area contributed by atoms with E-state index in [-0.39, 0.29) is 17.9 Å². The maximum absolute atomic E-state index is 11.8. The molecule has 0 aliphatic rings. The predicted molar refractivity (Wildman–Crippen MR) is 69.1 cm³/mol. The molecule has 1 aromatic heterocycles. The Labute approximate surface area is 109 Å². The number of carbonyl (C=O) groups excluding carboxylic acids is 1. The highest BCUT2D eigenvalue weighted by Crippen LogP contribution is 2.17. The summed E-state index contributed by atoms with van der Waals surface area (Å²) in [5.74, 6) is -1.36. The number of benzene rings is 1. The lowest BCUT2D eigenvalue weighted by molar-refractivity contribution is -0.115. The third-order valence-electron chi connectivity index (χ3n) is 2.59. The largest absolute Gasteiger partial charge is 0.478 e. The van der Waals surface area contributed by atoms with Crippen LogP contribution in [0.15, 0.2) is 30.5 Å². The van der Waals surface area contributed by atoms with Gasteiger partial charge in [0, 0.05) is 11.9 Å². The number of nitrogens with one attached hydrogen (secondary N) is 2. The molecule has 1 amide bonds. The first-order chi connectivity index (χ1) is 9.06. The van der Waals surface area contributed by atoms with E-state index in [9.17, 15) is 9.59 Å². The number of aromatic carboxylic acids is 1. The van der Waals surface area contributed by atoms with E-state index in [1.54, 1.807) is 31.3 Å². The van der Waals surface area contributed by atoms with E-state index in [2.05, 4.69) is 15.5 Å². The number of carboxylic acids is 1. The van der Waals surface area contributed by atoms with Gasteiger partial charge < -0.3 is 10.4 Å². The maximum Gasteiger partial charge on any atom is 0.337 e. The van der Waals surface area contributed by atoms with Crippen molar-refractivity contribution in [1.29, 1.82) is 0 Å². The number of H-pyrrole nitrogens is 1. The molecule has 98 valence electrons. The molecule has 1 aromatic carbocycles. The van der Waals surface area contributed by atoms with Crippen molar-refractivity contribution >= 4 is 17.6 Å². The summed E-state index contributed by atoms with van der Waals surface area (Å²) in [4.78, 5) is 22.9. The first-order valence-corrected chi connectivity index (χ1v) is 5.68. The summed E-state index contributed by atoms with van der Waals surface area (Å²) in [6.45, 7) is 1.79. The minimum atomic E-state index is -1.07. The highest BCUT2D eigenvalue weighted by atomic mass is 16.4. The van der Waals surface area contributed by atoms with Crippen LogP contribution in [0.25, 0.3) is 0 Å². The third-order valence-corrected chi connectivity index (χ3v) is 2.59. The molecule has 0 radical (unpaired) electrons. The van der Waals surface area contributed by atoms with Crippen LogP contribution in [0, 0.1) is 6.92 Å². The normalized spacial score (nSPS) is 10.2. The summed E-state index contributed by atoms with van der Waals surface area (Å²) in [6.07, 6.45) is 1.67. The molecule has 1 heterocycles. The van der Waals surface area contributed by atoms with E-state index >= 15 is 0 Å². The lowest BCUT2D eigenvalue weighted by atomic mass is 10.1. The summed E-state index contributed by atoms with van der Waals surface area (Å²) in [5.41, 5.74) is 1.87. The fourth-order valence-electron chi connectivity index (χ4n) is 1.69. The van der Waals surface area contributed by atoms with Gasteiger partial charge in [-0.25, -0.2) is 4.79 Å². The second-order valence-corrected chi connectivity index (χ2v) is 4.16. The SMILES string of the molecule is Cc1ccc(NC(=O)Cc2ccn[nH]2)c(C(=O)O)c1. The second-order valence-electron chi connectivity index (χ2n) is 4.16. The van der Waals surface area contributed by atoms with E-state index in [1.807, 2.05) is 0 Å². The Morgan fingerprint density at radius 2 is 2.16 bits per heavy atom. The number of hydrogen-bond donors (Lipinski definition) is 3. The van der Waals surface area contributed by atoms with Gasteiger partial charge in [0.25, 0.3) is 0 Å². The highest BCUT2D eigenvalue weighted by Gasteiger charge is 2.13. The van der Waals surface area contributed by atoms with Crippen LogP contribution < -0.4 is 5.32 Å². The zero-order chi connectivity index (χ0) is 13.8. The van der Waals surface area contributed by atoms with Gasteiger partial charge in [0.1, 0.15) is 0 Å². The fraction of sp³-hybridized carbons (Fsp3) is 0.154. The number of carbonyl (C=O) groups is 2. The van der Waals surface area contributed by atoms with Crippen molar-refractivity contribution in [3.05, 3.63) is 47.3 Å². The van der Waals surface area contributed by atoms with E-state index in [0.717, 1.165) is 5.56 Å². The van der Waals surface area contributed by atoms with Crippen LogP contribution in [-0.4, -0.2) is 27.2 Å². The number of carboxylic acid groups (broad SMARTS) is 1. The van der Waals surface area contributed by atoms with Crippen LogP contribution in [0.4, 0.5) is 5.69 Å². The van der Waals surface area contributed by atoms with Gasteiger partial charge in [-0.3, -0.25) is 9.89 Å². The van der Waals surface area contributed by atoms with Crippen molar-refractivity contribution in [1.82, 2.24) is 10.2 Å². The smallest absolute Gasteiger partial charge is 0.337 e. The summed E-state index contributed by atoms with van der Waals surface area (Å²) in [6, 6.07) is 6.54. The van der Waals surface area contributed by atoms with Crippen LogP contribution >= 0.6 is 0 Å². The molecule has 0 aliphatic carbocycles. The van der Waals surface area contributed by atoms with Crippen molar-refractivity contribution < 1.29 is 14.7 Å². The molecule has 6 nitrogen and oxygen atoms in total. The Morgan fingerprint density at radius 1 is 1.37 bits per heavy atom. The molecule has 2 rings (SSSR count). The topological polar surface area (TPSA) is 95.1 Å². The number of anilines is 1. The van der Waals surface area contributed by atoms with Gasteiger partial charge >= 0.3 is 5.97 Å². The molecule has 0 aliphatic heterocycles. The first-order valence-electron chi connectivity index (χ1n) is 5.68. The van der Waals surface area contributed by atoms with Gasteiger partial charge in [0.15, 0.2) is 0 Å². The van der Waals surface area contributed by atoms with Gasteiger partial charge in [-0.05, 0) is 25.1 Å². The van der Waals surface area contributed by atoms with Crippen LogP contribution in [0.5, 0.6) is 0 Å². The molecule has 0 spiro atoms. The van der Waals surface area contributed by atoms with Gasteiger partial charge in [-0.1, -0.05) is 11.6 Å². The van der Waals surface area contributed by atoms with Crippen LogP contribution in [0.2, 0.25) is 0 Å². The standard InChI is InChI=1S/C13H13N3O3/c1-8-2-3-11(10(6-8)13(18)19)15-12(17)7-9-4-5-14-16-9/h2-6H,7H2,1H3,(H,14,16)(H,15,17)(H,18,19). The number of hydrogen-bond acceptors (Lipinski definition) is 3. The number of nitrogens with zero attached hydrogens (tertiary/aromatic N) is 1. The van der Waals surface area contributed by atoms with Crippen molar-refractivity contribution in [3.63, 3.8) is 0 Å². The molecule has 0 atom stereocenters. The number of aryl methyl sites for hydroxylation is 1. The maximum atomic E-state index is 11.8. The average molecular weight is 259 g/mol. The number of aromatic amines is 1. The number of amides is 1. The summed E-state index contributed by atoms with van der Waals surface area (Å²) < 4.78 is 0. The van der Waals surface area contributed by atoms with E-state index in [1.165, 1.54) is 6.07 Å². The quantitative estimate of drug-likeness (QED) is 0.777. The summed E-state index contributed by atoms with van der Waals surface area (Å²) in [7, 11) is 0. The second kappa shape index (κ2) is 5.34. The van der Waals surface area contributed by atoms with E-state index < -0.39 is 5.97 Å². The Balaban J connectivity index is 2.14. The predicted octanol–water partition coefficient (Wildman–Crippen LogP) is 1.60. The first kappa shape index (κ1) is 12.8. The van der Waals surface area contributed by atoms with E-state index in [0.29, 0.717) is 11.4 Å². The lowest BCUT2D eigenvalue weighted by Crippen LogP contribution is -2.17. The molecular formula is C13H13N3O3. The summed E-state index contributed by atoms with van der Waals surface area (Å²) >= 11 is 0. The molecule has 0 bridgehead atoms. The zero-order valence-electron chi connectivity index (χ0n) is 10.3. The molecule has 0 unspecified atom stereocenters. The molecule has 0 saturated carbocycles. The molecule has 0 saturated heterocycles. The van der Waals surface area contributed by atoms with Gasteiger partial charge in [-0.2, -0.15) is 5.10 Å². The van der Waals surface area contributed by atoms with Crippen LogP contribution in [-0.2, 0) is 11.2 Å². The minimum absolute atomic E-state index is 0.0814. The Kier molecular flexibility index (Phi) is 3.61. The lowest BCUT2D eigenvalue weighted by Gasteiger charge is -2.08. The van der Waals surface area contributed by atoms with Crippen molar-refractivity contribution in [2.24, 2.45) is 0 Å². The van der Waals surface area contributed by atoms with Crippen LogP contribution in [0.3, 0.4) is 0 Å². The average Bonchev–Trinajstić information content (AvgIpc) is 2.83. The molecular weight excluding hydrogens is 246 g/mol. The van der Waals surface area contributed by atoms with Gasteiger partial charge in [-0.15, -0.1) is 0 Å². The van der Waals surface area contributed by atoms with E-state index in [4.69, 9.17) is 5.11 Å². The number of rotatable bonds is 4. The van der Waals surface area contributed by atoms with Crippen LogP contribution in [0.1, 0.15) is 21.6 Å². The Morgan fingerprint density at radius 3 is 2.79 bits per heavy atom. The minimum Gasteiger partial charge on any atom is -0.478 e. The molecule has 6 heteroatoms. The van der Waals surface area contributed by atoms with Crippen molar-refractivity contribution in [2.75, 3.05) is 5.32 Å². The molecule has 3 N–H and O–H groups in total. The number of aromatic nitrogens is 2. The Bertz CT molecular complexity index is 606. The highest BCUT2D eigenvalue weighted by molar-refractivity contribution is 6.01. The zero-order valence-corrected chi connectivity index (χ0v) is 10.3. The molecule has 19 heavy (non-hydrogen) atoms.